The van der Waals surface area contributed by atoms with E-state index in [1.165, 1.54) is 5.56 Å². The number of guanidine groups is 1. The van der Waals surface area contributed by atoms with E-state index >= 15 is 0 Å². The van der Waals surface area contributed by atoms with Gasteiger partial charge in [-0.25, -0.2) is 0 Å². The highest BCUT2D eigenvalue weighted by molar-refractivity contribution is 5.79. The summed E-state index contributed by atoms with van der Waals surface area (Å²) in [6.07, 6.45) is 3.34. The van der Waals surface area contributed by atoms with Crippen LogP contribution in [-0.2, 0) is 6.42 Å². The molecule has 1 aliphatic heterocycles. The predicted molar refractivity (Wildman–Crippen MR) is 69.3 cm³/mol. The number of hydrogen-bond acceptors (Lipinski definition) is 4. The van der Waals surface area contributed by atoms with Crippen LogP contribution in [0.15, 0.2) is 29.3 Å². The zero-order valence-corrected chi connectivity index (χ0v) is 10.1. The van der Waals surface area contributed by atoms with Crippen LogP contribution in [0, 0.1) is 0 Å². The first-order valence-corrected chi connectivity index (χ1v) is 5.97. The molecule has 0 spiro atoms. The van der Waals surface area contributed by atoms with Gasteiger partial charge in [-0.3, -0.25) is 4.99 Å². The molecule has 0 radical (unpaired) electrons. The molecule has 0 amide bonds. The Balaban J connectivity index is 1.71. The van der Waals surface area contributed by atoms with Crippen LogP contribution in [0.25, 0.3) is 0 Å². The molecular formula is C13H19N3O. The highest BCUT2D eigenvalue weighted by atomic mass is 16.5. The lowest BCUT2D eigenvalue weighted by Gasteiger charge is -2.10. The van der Waals surface area contributed by atoms with Crippen molar-refractivity contribution in [2.45, 2.75) is 25.3 Å². The summed E-state index contributed by atoms with van der Waals surface area (Å²) in [5.41, 5.74) is 6.91. The fourth-order valence-electron chi connectivity index (χ4n) is 2.02. The van der Waals surface area contributed by atoms with E-state index in [1.807, 2.05) is 12.1 Å². The van der Waals surface area contributed by atoms with Crippen LogP contribution in [0.5, 0.6) is 5.75 Å². The summed E-state index contributed by atoms with van der Waals surface area (Å²) in [4.78, 5) is 4.13. The number of hydrogen-bond donors (Lipinski definition) is 2. The first kappa shape index (κ1) is 11.8. The molecule has 1 atom stereocenters. The molecule has 4 nitrogen and oxygen atoms in total. The third kappa shape index (κ3) is 3.37. The average Bonchev–Trinajstić information content (AvgIpc) is 2.76. The van der Waals surface area contributed by atoms with E-state index < -0.39 is 0 Å². The number of benzene rings is 1. The largest absolute Gasteiger partial charge is 0.497 e. The fourth-order valence-corrected chi connectivity index (χ4v) is 2.02. The molecule has 0 aliphatic carbocycles. The number of nitrogens with zero attached hydrogens (tertiary/aromatic N) is 1. The second kappa shape index (κ2) is 5.57. The summed E-state index contributed by atoms with van der Waals surface area (Å²) < 4.78 is 5.13. The lowest BCUT2D eigenvalue weighted by Crippen LogP contribution is -2.34. The monoisotopic (exact) mass is 233 g/mol. The summed E-state index contributed by atoms with van der Waals surface area (Å²) >= 11 is 0. The Morgan fingerprint density at radius 3 is 2.76 bits per heavy atom. The lowest BCUT2D eigenvalue weighted by molar-refractivity contribution is 0.414. The van der Waals surface area contributed by atoms with Crippen molar-refractivity contribution in [1.29, 1.82) is 0 Å². The molecular weight excluding hydrogens is 214 g/mol. The number of ether oxygens (including phenoxy) is 1. The Morgan fingerprint density at radius 1 is 1.41 bits per heavy atom. The first-order valence-electron chi connectivity index (χ1n) is 5.97. The molecule has 1 heterocycles. The van der Waals surface area contributed by atoms with Crippen LogP contribution >= 0.6 is 0 Å². The Kier molecular flexibility index (Phi) is 3.85. The third-order valence-corrected chi connectivity index (χ3v) is 3.01. The molecule has 17 heavy (non-hydrogen) atoms. The van der Waals surface area contributed by atoms with Gasteiger partial charge in [0.1, 0.15) is 5.75 Å². The summed E-state index contributed by atoms with van der Waals surface area (Å²) in [6.45, 7) is 0.814. The molecule has 4 heteroatoms. The van der Waals surface area contributed by atoms with Gasteiger partial charge in [0.05, 0.1) is 13.7 Å². The minimum absolute atomic E-state index is 0.424. The Labute approximate surface area is 102 Å². The lowest BCUT2D eigenvalue weighted by atomic mass is 10.0. The zero-order valence-electron chi connectivity index (χ0n) is 10.1. The molecule has 2 rings (SSSR count). The molecule has 0 saturated carbocycles. The number of nitrogens with one attached hydrogen (secondary N) is 1. The summed E-state index contributed by atoms with van der Waals surface area (Å²) in [5, 5.41) is 3.17. The van der Waals surface area contributed by atoms with Crippen LogP contribution in [0.2, 0.25) is 0 Å². The van der Waals surface area contributed by atoms with Crippen molar-refractivity contribution in [1.82, 2.24) is 5.32 Å². The quantitative estimate of drug-likeness (QED) is 0.806. The molecule has 0 saturated heterocycles. The van der Waals surface area contributed by atoms with Crippen LogP contribution in [0.1, 0.15) is 18.4 Å². The van der Waals surface area contributed by atoms with Crippen molar-refractivity contribution in [3.8, 4) is 5.75 Å². The molecule has 1 aromatic carbocycles. The van der Waals surface area contributed by atoms with Gasteiger partial charge in [0.25, 0.3) is 0 Å². The summed E-state index contributed by atoms with van der Waals surface area (Å²) in [6, 6.07) is 8.67. The normalized spacial score (nSPS) is 18.6. The van der Waals surface area contributed by atoms with Crippen LogP contribution in [0.3, 0.4) is 0 Å². The molecule has 3 N–H and O–H groups in total. The van der Waals surface area contributed by atoms with E-state index in [0.29, 0.717) is 12.0 Å². The number of nitrogens with two attached hydrogens (primary N) is 1. The van der Waals surface area contributed by atoms with Crippen LogP contribution in [-0.4, -0.2) is 25.7 Å². The smallest absolute Gasteiger partial charge is 0.188 e. The topological polar surface area (TPSA) is 59.6 Å². The second-order valence-electron chi connectivity index (χ2n) is 4.31. The van der Waals surface area contributed by atoms with Gasteiger partial charge in [0.15, 0.2) is 5.96 Å². The van der Waals surface area contributed by atoms with Crippen LogP contribution in [0.4, 0.5) is 0 Å². The van der Waals surface area contributed by atoms with Crippen molar-refractivity contribution < 1.29 is 4.74 Å². The zero-order chi connectivity index (χ0) is 12.1. The number of rotatable bonds is 5. The minimum Gasteiger partial charge on any atom is -0.497 e. The molecule has 1 aliphatic rings. The molecule has 92 valence electrons. The standard InChI is InChI=1S/C13H19N3O/c1-17-12-7-5-10(6-8-12)3-2-4-11-9-15-13(14)16-11/h5-8,11H,2-4,9H2,1H3,(H3,14,15,16). The van der Waals surface area contributed by atoms with Gasteiger partial charge < -0.3 is 15.8 Å². The van der Waals surface area contributed by atoms with Crippen molar-refractivity contribution >= 4 is 5.96 Å². The molecule has 1 aromatic rings. The third-order valence-electron chi connectivity index (χ3n) is 3.01. The van der Waals surface area contributed by atoms with E-state index in [0.717, 1.165) is 31.6 Å². The maximum Gasteiger partial charge on any atom is 0.188 e. The van der Waals surface area contributed by atoms with Gasteiger partial charge in [-0.05, 0) is 37.0 Å². The molecule has 1 unspecified atom stereocenters. The fraction of sp³-hybridized carbons (Fsp3) is 0.462. The van der Waals surface area contributed by atoms with Gasteiger partial charge >= 0.3 is 0 Å². The van der Waals surface area contributed by atoms with Gasteiger partial charge in [0, 0.05) is 6.04 Å². The Bertz CT molecular complexity index is 386. The SMILES string of the molecule is COc1ccc(CCCC2CN=C(N)N2)cc1. The number of methoxy groups -OCH3 is 1. The first-order chi connectivity index (χ1) is 8.28. The highest BCUT2D eigenvalue weighted by Crippen LogP contribution is 2.14. The predicted octanol–water partition coefficient (Wildman–Crippen LogP) is 1.30. The van der Waals surface area contributed by atoms with Gasteiger partial charge in [0.2, 0.25) is 0 Å². The van der Waals surface area contributed by atoms with E-state index in [-0.39, 0.29) is 0 Å². The molecule has 0 fully saturated rings. The highest BCUT2D eigenvalue weighted by Gasteiger charge is 2.13. The Hall–Kier alpha value is -1.71. The van der Waals surface area contributed by atoms with Crippen molar-refractivity contribution in [3.63, 3.8) is 0 Å². The van der Waals surface area contributed by atoms with Crippen molar-refractivity contribution in [3.05, 3.63) is 29.8 Å². The summed E-state index contributed by atoms with van der Waals surface area (Å²) in [7, 11) is 1.69. The van der Waals surface area contributed by atoms with Gasteiger partial charge in [-0.2, -0.15) is 0 Å². The Morgan fingerprint density at radius 2 is 2.18 bits per heavy atom. The maximum atomic E-state index is 5.56. The summed E-state index contributed by atoms with van der Waals surface area (Å²) in [5.74, 6) is 1.49. The molecule has 0 bridgehead atoms. The van der Waals surface area contributed by atoms with E-state index in [4.69, 9.17) is 10.5 Å². The number of aryl methyl sites for hydroxylation is 1. The number of aliphatic imine (C=N–C) groups is 1. The van der Waals surface area contributed by atoms with E-state index in [1.54, 1.807) is 7.11 Å². The minimum atomic E-state index is 0.424. The van der Waals surface area contributed by atoms with Gasteiger partial charge in [-0.1, -0.05) is 12.1 Å². The van der Waals surface area contributed by atoms with E-state index in [9.17, 15) is 0 Å². The second-order valence-corrected chi connectivity index (χ2v) is 4.31. The van der Waals surface area contributed by atoms with Crippen molar-refractivity contribution in [2.75, 3.05) is 13.7 Å². The van der Waals surface area contributed by atoms with E-state index in [2.05, 4.69) is 22.4 Å². The van der Waals surface area contributed by atoms with Gasteiger partial charge in [-0.15, -0.1) is 0 Å². The van der Waals surface area contributed by atoms with Crippen molar-refractivity contribution in [2.24, 2.45) is 10.7 Å². The van der Waals surface area contributed by atoms with Crippen LogP contribution < -0.4 is 15.8 Å². The molecule has 0 aromatic heterocycles. The average molecular weight is 233 g/mol. The maximum absolute atomic E-state index is 5.56.